The van der Waals surface area contributed by atoms with Gasteiger partial charge in [-0.1, -0.05) is 6.92 Å². The predicted octanol–water partition coefficient (Wildman–Crippen LogP) is -0.299. The van der Waals surface area contributed by atoms with Crippen molar-refractivity contribution in [3.05, 3.63) is 0 Å². The number of carbonyl (C=O) groups is 1. The first kappa shape index (κ1) is 11.4. The number of nitrogens with two attached hydrogens (primary N) is 1. The van der Waals surface area contributed by atoms with Gasteiger partial charge in [-0.25, -0.2) is 0 Å². The lowest BCUT2D eigenvalue weighted by atomic mass is 10.0. The van der Waals surface area contributed by atoms with Crippen molar-refractivity contribution in [1.82, 2.24) is 9.80 Å². The molecular formula is C8H19N3O. The van der Waals surface area contributed by atoms with E-state index in [-0.39, 0.29) is 5.91 Å². The van der Waals surface area contributed by atoms with Crippen LogP contribution in [0.1, 0.15) is 13.3 Å². The third-order valence-corrected chi connectivity index (χ3v) is 2.37. The summed E-state index contributed by atoms with van der Waals surface area (Å²) in [6.45, 7) is 1.95. The van der Waals surface area contributed by atoms with Gasteiger partial charge >= 0.3 is 0 Å². The fourth-order valence-electron chi connectivity index (χ4n) is 1.65. The van der Waals surface area contributed by atoms with Gasteiger partial charge in [0.2, 0.25) is 0 Å². The second kappa shape index (κ2) is 3.87. The molecule has 72 valence electrons. The highest BCUT2D eigenvalue weighted by molar-refractivity contribution is 5.83. The summed E-state index contributed by atoms with van der Waals surface area (Å²) in [5, 5.41) is 0. The predicted molar refractivity (Wildman–Crippen MR) is 49.6 cm³/mol. The number of hydrogen-bond donors (Lipinski definition) is 1. The van der Waals surface area contributed by atoms with Crippen LogP contribution in [0.5, 0.6) is 0 Å². The summed E-state index contributed by atoms with van der Waals surface area (Å²) in [4.78, 5) is 15.0. The van der Waals surface area contributed by atoms with Gasteiger partial charge in [0.25, 0.3) is 5.91 Å². The number of likely N-dealkylation sites (N-methyl/N-ethyl adjacent to an activating group) is 2. The normalized spacial score (nSPS) is 12.6. The van der Waals surface area contributed by atoms with Crippen molar-refractivity contribution >= 4 is 5.91 Å². The molecule has 0 aromatic heterocycles. The summed E-state index contributed by atoms with van der Waals surface area (Å²) >= 11 is 0. The minimum atomic E-state index is -0.653. The highest BCUT2D eigenvalue weighted by atomic mass is 16.2. The number of amides is 1. The van der Waals surface area contributed by atoms with Crippen LogP contribution in [0.2, 0.25) is 0 Å². The molecule has 0 atom stereocenters. The van der Waals surface area contributed by atoms with Crippen molar-refractivity contribution in [3.8, 4) is 0 Å². The van der Waals surface area contributed by atoms with Crippen molar-refractivity contribution in [2.75, 3.05) is 28.2 Å². The maximum absolute atomic E-state index is 11.3. The molecule has 0 rings (SSSR count). The highest BCUT2D eigenvalue weighted by Crippen LogP contribution is 2.18. The lowest BCUT2D eigenvalue weighted by molar-refractivity contribution is -0.139. The van der Waals surface area contributed by atoms with Crippen LogP contribution in [0, 0.1) is 0 Å². The second-order valence-corrected chi connectivity index (χ2v) is 3.32. The Kier molecular flexibility index (Phi) is 3.67. The molecule has 0 aromatic rings. The lowest BCUT2D eigenvalue weighted by Crippen LogP contribution is -2.62. The van der Waals surface area contributed by atoms with Crippen LogP contribution >= 0.6 is 0 Å². The van der Waals surface area contributed by atoms with Gasteiger partial charge in [0, 0.05) is 0 Å². The molecule has 2 N–H and O–H groups in total. The molecular weight excluding hydrogens is 154 g/mol. The Morgan fingerprint density at radius 1 is 1.25 bits per heavy atom. The van der Waals surface area contributed by atoms with E-state index in [1.807, 2.05) is 44.9 Å². The molecule has 12 heavy (non-hydrogen) atoms. The molecule has 1 amide bonds. The van der Waals surface area contributed by atoms with E-state index in [0.29, 0.717) is 6.42 Å². The molecule has 0 saturated carbocycles. The van der Waals surface area contributed by atoms with Gasteiger partial charge in [0.15, 0.2) is 5.66 Å². The maximum atomic E-state index is 11.3. The van der Waals surface area contributed by atoms with Crippen molar-refractivity contribution in [2.45, 2.75) is 19.0 Å². The minimum Gasteiger partial charge on any atom is -0.367 e. The fraction of sp³-hybridized carbons (Fsp3) is 0.875. The molecule has 4 nitrogen and oxygen atoms in total. The van der Waals surface area contributed by atoms with Gasteiger partial charge in [0.1, 0.15) is 0 Å². The van der Waals surface area contributed by atoms with Gasteiger partial charge in [-0.15, -0.1) is 0 Å². The zero-order chi connectivity index (χ0) is 9.94. The number of rotatable bonds is 4. The molecule has 0 radical (unpaired) electrons. The smallest absolute Gasteiger partial charge is 0.252 e. The Morgan fingerprint density at radius 2 is 1.58 bits per heavy atom. The molecule has 0 heterocycles. The Balaban J connectivity index is 4.90. The third kappa shape index (κ3) is 1.59. The van der Waals surface area contributed by atoms with Crippen LogP contribution in [0.25, 0.3) is 0 Å². The zero-order valence-corrected chi connectivity index (χ0v) is 8.59. The maximum Gasteiger partial charge on any atom is 0.252 e. The largest absolute Gasteiger partial charge is 0.367 e. The average molecular weight is 173 g/mol. The van der Waals surface area contributed by atoms with E-state index in [1.165, 1.54) is 0 Å². The van der Waals surface area contributed by atoms with E-state index in [0.717, 1.165) is 0 Å². The zero-order valence-electron chi connectivity index (χ0n) is 8.59. The summed E-state index contributed by atoms with van der Waals surface area (Å²) in [7, 11) is 7.42. The molecule has 0 aliphatic carbocycles. The molecule has 0 aliphatic heterocycles. The molecule has 0 fully saturated rings. The molecule has 0 aliphatic rings. The van der Waals surface area contributed by atoms with Gasteiger partial charge in [-0.3, -0.25) is 14.6 Å². The van der Waals surface area contributed by atoms with Crippen LogP contribution in [0.3, 0.4) is 0 Å². The first-order valence-electron chi connectivity index (χ1n) is 4.04. The fourth-order valence-corrected chi connectivity index (χ4v) is 1.65. The Morgan fingerprint density at radius 3 is 1.58 bits per heavy atom. The van der Waals surface area contributed by atoms with Gasteiger partial charge in [-0.05, 0) is 34.6 Å². The third-order valence-electron chi connectivity index (χ3n) is 2.37. The second-order valence-electron chi connectivity index (χ2n) is 3.32. The topological polar surface area (TPSA) is 49.6 Å². The van der Waals surface area contributed by atoms with Crippen molar-refractivity contribution in [1.29, 1.82) is 0 Å². The summed E-state index contributed by atoms with van der Waals surface area (Å²) in [5.74, 6) is -0.306. The SMILES string of the molecule is CCC(C(N)=O)(N(C)C)N(C)C. The summed E-state index contributed by atoms with van der Waals surface area (Å²) in [5.41, 5.74) is 4.71. The minimum absolute atomic E-state index is 0.306. The van der Waals surface area contributed by atoms with E-state index >= 15 is 0 Å². The van der Waals surface area contributed by atoms with Crippen molar-refractivity contribution in [2.24, 2.45) is 5.73 Å². The lowest BCUT2D eigenvalue weighted by Gasteiger charge is -2.41. The van der Waals surface area contributed by atoms with Gasteiger partial charge < -0.3 is 5.73 Å². The van der Waals surface area contributed by atoms with Gasteiger partial charge in [-0.2, -0.15) is 0 Å². The average Bonchev–Trinajstić information content (AvgIpc) is 1.86. The Bertz CT molecular complexity index is 158. The van der Waals surface area contributed by atoms with Crippen LogP contribution in [0.4, 0.5) is 0 Å². The number of nitrogens with zero attached hydrogens (tertiary/aromatic N) is 2. The molecule has 0 spiro atoms. The quantitative estimate of drug-likeness (QED) is 0.594. The molecule has 0 bridgehead atoms. The highest BCUT2D eigenvalue weighted by Gasteiger charge is 2.39. The van der Waals surface area contributed by atoms with Crippen LogP contribution < -0.4 is 5.73 Å². The standard InChI is InChI=1S/C8H19N3O/c1-6-8(7(9)12,10(2)3)11(4)5/h6H2,1-5H3,(H2,9,12). The first-order chi connectivity index (χ1) is 5.39. The Hall–Kier alpha value is -0.610. The van der Waals surface area contributed by atoms with E-state index in [2.05, 4.69) is 0 Å². The summed E-state index contributed by atoms with van der Waals surface area (Å²) < 4.78 is 0. The Labute approximate surface area is 74.3 Å². The monoisotopic (exact) mass is 173 g/mol. The summed E-state index contributed by atoms with van der Waals surface area (Å²) in [6, 6.07) is 0. The number of carbonyl (C=O) groups excluding carboxylic acids is 1. The van der Waals surface area contributed by atoms with E-state index in [9.17, 15) is 4.79 Å². The van der Waals surface area contributed by atoms with E-state index in [4.69, 9.17) is 5.73 Å². The molecule has 0 aromatic carbocycles. The summed E-state index contributed by atoms with van der Waals surface area (Å²) in [6.07, 6.45) is 0.683. The van der Waals surface area contributed by atoms with E-state index in [1.54, 1.807) is 0 Å². The number of primary amides is 1. The van der Waals surface area contributed by atoms with E-state index < -0.39 is 5.66 Å². The molecule has 0 saturated heterocycles. The van der Waals surface area contributed by atoms with Crippen LogP contribution in [0.15, 0.2) is 0 Å². The van der Waals surface area contributed by atoms with Crippen LogP contribution in [-0.4, -0.2) is 49.6 Å². The van der Waals surface area contributed by atoms with Crippen molar-refractivity contribution < 1.29 is 4.79 Å². The molecule has 4 heteroatoms. The number of hydrogen-bond acceptors (Lipinski definition) is 3. The molecule has 0 unspecified atom stereocenters. The van der Waals surface area contributed by atoms with Gasteiger partial charge in [0.05, 0.1) is 0 Å². The van der Waals surface area contributed by atoms with Crippen molar-refractivity contribution in [3.63, 3.8) is 0 Å². The van der Waals surface area contributed by atoms with Crippen LogP contribution in [-0.2, 0) is 4.79 Å². The first-order valence-corrected chi connectivity index (χ1v) is 4.04.